The molecule has 0 saturated carbocycles. The van der Waals surface area contributed by atoms with Gasteiger partial charge in [0.2, 0.25) is 5.91 Å². The van der Waals surface area contributed by atoms with E-state index < -0.39 is 0 Å². The molecule has 2 aliphatic rings. The van der Waals surface area contributed by atoms with Gasteiger partial charge in [-0.2, -0.15) is 0 Å². The number of carbonyl (C=O) groups excluding carboxylic acids is 1. The molecule has 2 aromatic rings. The lowest BCUT2D eigenvalue weighted by Crippen LogP contribution is -2.52. The number of thiazole rings is 1. The van der Waals surface area contributed by atoms with Gasteiger partial charge in [0, 0.05) is 55.5 Å². The van der Waals surface area contributed by atoms with Crippen molar-refractivity contribution < 1.29 is 9.53 Å². The summed E-state index contributed by atoms with van der Waals surface area (Å²) in [6.45, 7) is 3.34. The number of amides is 1. The number of likely N-dealkylation sites (tertiary alicyclic amines) is 1. The summed E-state index contributed by atoms with van der Waals surface area (Å²) in [6, 6.07) is 0. The molecule has 132 valence electrons. The van der Waals surface area contributed by atoms with E-state index >= 15 is 0 Å². The van der Waals surface area contributed by atoms with Crippen molar-refractivity contribution in [3.05, 3.63) is 35.2 Å². The second-order valence-corrected chi connectivity index (χ2v) is 7.48. The first-order valence-electron chi connectivity index (χ1n) is 8.59. The second kappa shape index (κ2) is 7.55. The molecule has 0 aliphatic carbocycles. The van der Waals surface area contributed by atoms with Crippen LogP contribution in [0.3, 0.4) is 0 Å². The Balaban J connectivity index is 1.43. The molecule has 0 bridgehead atoms. The van der Waals surface area contributed by atoms with E-state index in [1.807, 2.05) is 11.6 Å². The van der Waals surface area contributed by atoms with E-state index in [9.17, 15) is 4.79 Å². The number of ether oxygens (including phenoxy) is 1. The number of nitrogens with one attached hydrogen (secondary N) is 1. The van der Waals surface area contributed by atoms with Crippen molar-refractivity contribution in [3.63, 3.8) is 0 Å². The summed E-state index contributed by atoms with van der Waals surface area (Å²) in [7, 11) is 0. The van der Waals surface area contributed by atoms with Gasteiger partial charge in [-0.05, 0) is 12.8 Å². The highest BCUT2D eigenvalue weighted by molar-refractivity contribution is 7.09. The van der Waals surface area contributed by atoms with E-state index in [-0.39, 0.29) is 23.8 Å². The minimum atomic E-state index is -0.0557. The summed E-state index contributed by atoms with van der Waals surface area (Å²) in [6.07, 6.45) is 8.47. The van der Waals surface area contributed by atoms with Crippen molar-refractivity contribution in [3.8, 4) is 0 Å². The second-order valence-electron chi connectivity index (χ2n) is 6.50. The summed E-state index contributed by atoms with van der Waals surface area (Å²) < 4.78 is 5.95. The van der Waals surface area contributed by atoms with E-state index in [1.165, 1.54) is 0 Å². The van der Waals surface area contributed by atoms with Gasteiger partial charge in [-0.15, -0.1) is 11.3 Å². The molecule has 1 amide bonds. The summed E-state index contributed by atoms with van der Waals surface area (Å²) in [5.74, 6) is 0.680. The van der Waals surface area contributed by atoms with E-state index in [0.29, 0.717) is 12.4 Å². The van der Waals surface area contributed by atoms with Crippen LogP contribution in [-0.4, -0.2) is 51.6 Å². The van der Waals surface area contributed by atoms with E-state index in [0.717, 1.165) is 37.5 Å². The van der Waals surface area contributed by atoms with Crippen LogP contribution >= 0.6 is 11.3 Å². The summed E-state index contributed by atoms with van der Waals surface area (Å²) in [5.41, 5.74) is 0. The molecule has 0 aromatic carbocycles. The third kappa shape index (κ3) is 3.86. The van der Waals surface area contributed by atoms with Gasteiger partial charge in [-0.3, -0.25) is 14.7 Å². The molecule has 2 aliphatic heterocycles. The minimum Gasteiger partial charge on any atom is -0.378 e. The van der Waals surface area contributed by atoms with Gasteiger partial charge in [0.15, 0.2) is 5.82 Å². The average Bonchev–Trinajstić information content (AvgIpc) is 3.15. The number of piperidine rings is 1. The summed E-state index contributed by atoms with van der Waals surface area (Å²) in [5, 5.41) is 6.03. The van der Waals surface area contributed by atoms with Gasteiger partial charge in [0.1, 0.15) is 5.01 Å². The maximum Gasteiger partial charge on any atom is 0.229 e. The number of nitrogens with zero attached hydrogens (tertiary/aromatic N) is 4. The zero-order chi connectivity index (χ0) is 17.1. The molecule has 7 nitrogen and oxygen atoms in total. The highest BCUT2D eigenvalue weighted by atomic mass is 32.1. The normalized spacial score (nSPS) is 26.8. The van der Waals surface area contributed by atoms with Crippen LogP contribution in [0.15, 0.2) is 30.2 Å². The van der Waals surface area contributed by atoms with Crippen LogP contribution in [0.5, 0.6) is 0 Å². The van der Waals surface area contributed by atoms with E-state index in [4.69, 9.17) is 4.74 Å². The molecule has 3 atom stereocenters. The predicted molar refractivity (Wildman–Crippen MR) is 94.0 cm³/mol. The van der Waals surface area contributed by atoms with Gasteiger partial charge >= 0.3 is 0 Å². The maximum absolute atomic E-state index is 12.8. The highest BCUT2D eigenvalue weighted by Crippen LogP contribution is 2.34. The van der Waals surface area contributed by atoms with Crippen molar-refractivity contribution >= 4 is 23.1 Å². The molecule has 2 fully saturated rings. The van der Waals surface area contributed by atoms with Crippen LogP contribution in [0.2, 0.25) is 0 Å². The number of anilines is 1. The Bertz CT molecular complexity index is 696. The van der Waals surface area contributed by atoms with Crippen molar-refractivity contribution in [2.75, 3.05) is 25.0 Å². The van der Waals surface area contributed by atoms with Crippen LogP contribution in [0, 0.1) is 11.8 Å². The molecule has 25 heavy (non-hydrogen) atoms. The summed E-state index contributed by atoms with van der Waals surface area (Å²) in [4.78, 5) is 27.7. The molecule has 8 heteroatoms. The fraction of sp³-hybridized carbons (Fsp3) is 0.529. The zero-order valence-electron chi connectivity index (χ0n) is 13.9. The number of aromatic nitrogens is 3. The lowest BCUT2D eigenvalue weighted by atomic mass is 9.79. The molecule has 0 unspecified atom stereocenters. The van der Waals surface area contributed by atoms with Gasteiger partial charge in [0.05, 0.1) is 18.8 Å². The Morgan fingerprint density at radius 3 is 3.08 bits per heavy atom. The lowest BCUT2D eigenvalue weighted by molar-refractivity contribution is -0.137. The Kier molecular flexibility index (Phi) is 5.00. The first kappa shape index (κ1) is 16.6. The standard InChI is InChI=1S/C17H21N5O2S/c23-17(21-15-9-18-3-4-19-15)12-2-7-24-14-1-6-22(10-13(12)14)11-16-20-5-8-25-16/h3-5,8-9,12-14H,1-2,6-7,10-11H2,(H,19,21,23)/t12-,13-,14-/m1/s1. The van der Waals surface area contributed by atoms with Crippen molar-refractivity contribution in [2.24, 2.45) is 11.8 Å². The van der Waals surface area contributed by atoms with Crippen molar-refractivity contribution in [2.45, 2.75) is 25.5 Å². The number of fused-ring (bicyclic) bond motifs is 1. The number of hydrogen-bond donors (Lipinski definition) is 1. The molecule has 4 heterocycles. The fourth-order valence-corrected chi connectivity index (χ4v) is 4.42. The van der Waals surface area contributed by atoms with Gasteiger partial charge in [0.25, 0.3) is 0 Å². The molecule has 2 aromatic heterocycles. The Morgan fingerprint density at radius 1 is 1.32 bits per heavy atom. The van der Waals surface area contributed by atoms with E-state index in [2.05, 4.69) is 25.2 Å². The molecule has 4 rings (SSSR count). The Labute approximate surface area is 150 Å². The average molecular weight is 359 g/mol. The maximum atomic E-state index is 12.8. The molecule has 1 N–H and O–H groups in total. The van der Waals surface area contributed by atoms with Crippen molar-refractivity contribution in [1.29, 1.82) is 0 Å². The highest BCUT2D eigenvalue weighted by Gasteiger charge is 2.41. The number of rotatable bonds is 4. The summed E-state index contributed by atoms with van der Waals surface area (Å²) >= 11 is 1.68. The first-order chi connectivity index (χ1) is 12.3. The lowest BCUT2D eigenvalue weighted by Gasteiger charge is -2.44. The third-order valence-corrected chi connectivity index (χ3v) is 5.71. The molecule has 2 saturated heterocycles. The van der Waals surface area contributed by atoms with Crippen LogP contribution in [0.1, 0.15) is 17.8 Å². The number of hydrogen-bond acceptors (Lipinski definition) is 7. The number of carbonyl (C=O) groups is 1. The molecular weight excluding hydrogens is 338 g/mol. The van der Waals surface area contributed by atoms with Crippen molar-refractivity contribution in [1.82, 2.24) is 19.9 Å². The zero-order valence-corrected chi connectivity index (χ0v) is 14.7. The third-order valence-electron chi connectivity index (χ3n) is 4.95. The van der Waals surface area contributed by atoms with Crippen LogP contribution < -0.4 is 5.32 Å². The Morgan fingerprint density at radius 2 is 2.28 bits per heavy atom. The van der Waals surface area contributed by atoms with Gasteiger partial charge in [-0.25, -0.2) is 9.97 Å². The predicted octanol–water partition coefficient (Wildman–Crippen LogP) is 1.80. The van der Waals surface area contributed by atoms with E-state index in [1.54, 1.807) is 29.9 Å². The SMILES string of the molecule is O=C(Nc1cnccn1)[C@@H]1CCO[C@@H]2CCN(Cc3nccs3)C[C@@H]21. The van der Waals surface area contributed by atoms with Crippen LogP contribution in [0.4, 0.5) is 5.82 Å². The topological polar surface area (TPSA) is 80.2 Å². The fourth-order valence-electron chi connectivity index (χ4n) is 3.76. The van der Waals surface area contributed by atoms with Crippen LogP contribution in [-0.2, 0) is 16.1 Å². The Hall–Kier alpha value is -1.90. The van der Waals surface area contributed by atoms with Gasteiger partial charge in [-0.1, -0.05) is 0 Å². The quantitative estimate of drug-likeness (QED) is 0.897. The van der Waals surface area contributed by atoms with Gasteiger partial charge < -0.3 is 10.1 Å². The molecule has 0 spiro atoms. The molecular formula is C17H21N5O2S. The monoisotopic (exact) mass is 359 g/mol. The minimum absolute atomic E-state index is 0.0231. The van der Waals surface area contributed by atoms with Crippen LogP contribution in [0.25, 0.3) is 0 Å². The molecule has 0 radical (unpaired) electrons. The largest absolute Gasteiger partial charge is 0.378 e. The smallest absolute Gasteiger partial charge is 0.229 e. The first-order valence-corrected chi connectivity index (χ1v) is 9.47.